The second-order valence-corrected chi connectivity index (χ2v) is 3.37. The van der Waals surface area contributed by atoms with E-state index in [2.05, 4.69) is 10.3 Å². The average Bonchev–Trinajstić information content (AvgIpc) is 2.63. The van der Waals surface area contributed by atoms with Crippen molar-refractivity contribution in [3.8, 4) is 0 Å². The van der Waals surface area contributed by atoms with E-state index in [1.54, 1.807) is 10.9 Å². The lowest BCUT2D eigenvalue weighted by Crippen LogP contribution is -2.21. The van der Waals surface area contributed by atoms with Crippen molar-refractivity contribution in [2.75, 3.05) is 20.3 Å². The summed E-state index contributed by atoms with van der Waals surface area (Å²) in [6.45, 7) is 0.810. The second-order valence-electron chi connectivity index (χ2n) is 3.37. The molecule has 1 heterocycles. The average molecular weight is 215 g/mol. The van der Waals surface area contributed by atoms with Crippen molar-refractivity contribution in [3.63, 3.8) is 0 Å². The van der Waals surface area contributed by atoms with Gasteiger partial charge >= 0.3 is 0 Å². The SMILES string of the molecule is COCC(O)Cn1cc(CCCO)nn1. The molecule has 6 heteroatoms. The normalized spacial score (nSPS) is 13.0. The Bertz CT molecular complexity index is 277. The van der Waals surface area contributed by atoms with Crippen LogP contribution < -0.4 is 0 Å². The molecule has 0 aliphatic carbocycles. The number of hydrogen-bond donors (Lipinski definition) is 2. The van der Waals surface area contributed by atoms with E-state index in [1.807, 2.05) is 0 Å². The molecule has 2 N–H and O–H groups in total. The molecule has 0 saturated heterocycles. The number of rotatable bonds is 7. The Kier molecular flexibility index (Phi) is 5.23. The number of aromatic nitrogens is 3. The maximum Gasteiger partial charge on any atom is 0.0969 e. The second kappa shape index (κ2) is 6.49. The van der Waals surface area contributed by atoms with Gasteiger partial charge in [0, 0.05) is 19.9 Å². The maximum atomic E-state index is 9.43. The fourth-order valence-electron chi connectivity index (χ4n) is 1.26. The van der Waals surface area contributed by atoms with E-state index in [0.717, 1.165) is 5.69 Å². The summed E-state index contributed by atoms with van der Waals surface area (Å²) >= 11 is 0. The minimum absolute atomic E-state index is 0.152. The molecule has 86 valence electrons. The van der Waals surface area contributed by atoms with Gasteiger partial charge in [-0.25, -0.2) is 4.68 Å². The highest BCUT2D eigenvalue weighted by molar-refractivity contribution is 4.92. The number of methoxy groups -OCH3 is 1. The molecule has 1 unspecified atom stereocenters. The van der Waals surface area contributed by atoms with Crippen molar-refractivity contribution < 1.29 is 14.9 Å². The number of aryl methyl sites for hydroxylation is 1. The summed E-state index contributed by atoms with van der Waals surface area (Å²) in [5.41, 5.74) is 0.827. The molecule has 0 radical (unpaired) electrons. The molecule has 0 saturated carbocycles. The quantitative estimate of drug-likeness (QED) is 0.623. The molecule has 0 fully saturated rings. The van der Waals surface area contributed by atoms with Crippen molar-refractivity contribution in [1.29, 1.82) is 0 Å². The summed E-state index contributed by atoms with van der Waals surface area (Å²) < 4.78 is 6.38. The minimum Gasteiger partial charge on any atom is -0.396 e. The van der Waals surface area contributed by atoms with E-state index in [9.17, 15) is 5.11 Å². The van der Waals surface area contributed by atoms with E-state index in [1.165, 1.54) is 7.11 Å². The number of hydrogen-bond acceptors (Lipinski definition) is 5. The van der Waals surface area contributed by atoms with Gasteiger partial charge in [-0.3, -0.25) is 0 Å². The highest BCUT2D eigenvalue weighted by Gasteiger charge is 2.06. The Hall–Kier alpha value is -0.980. The van der Waals surface area contributed by atoms with Gasteiger partial charge in [-0.05, 0) is 12.8 Å². The van der Waals surface area contributed by atoms with E-state index < -0.39 is 6.10 Å². The van der Waals surface area contributed by atoms with Crippen molar-refractivity contribution in [3.05, 3.63) is 11.9 Å². The summed E-state index contributed by atoms with van der Waals surface area (Å²) in [7, 11) is 1.54. The van der Waals surface area contributed by atoms with Gasteiger partial charge in [-0.2, -0.15) is 0 Å². The van der Waals surface area contributed by atoms with Crippen LogP contribution in [0.15, 0.2) is 6.20 Å². The van der Waals surface area contributed by atoms with E-state index >= 15 is 0 Å². The summed E-state index contributed by atoms with van der Waals surface area (Å²) in [5, 5.41) is 25.9. The number of ether oxygens (including phenoxy) is 1. The first-order valence-electron chi connectivity index (χ1n) is 4.93. The van der Waals surface area contributed by atoms with Crippen LogP contribution >= 0.6 is 0 Å². The molecule has 0 aliphatic heterocycles. The van der Waals surface area contributed by atoms with Crippen LogP contribution in [0.5, 0.6) is 0 Å². The van der Waals surface area contributed by atoms with Gasteiger partial charge in [0.2, 0.25) is 0 Å². The smallest absolute Gasteiger partial charge is 0.0969 e. The van der Waals surface area contributed by atoms with Crippen molar-refractivity contribution >= 4 is 0 Å². The fourth-order valence-corrected chi connectivity index (χ4v) is 1.26. The van der Waals surface area contributed by atoms with Gasteiger partial charge in [0.1, 0.15) is 0 Å². The van der Waals surface area contributed by atoms with E-state index in [4.69, 9.17) is 9.84 Å². The molecule has 1 aromatic heterocycles. The lowest BCUT2D eigenvalue weighted by atomic mass is 10.2. The van der Waals surface area contributed by atoms with Crippen LogP contribution in [0, 0.1) is 0 Å². The first-order valence-corrected chi connectivity index (χ1v) is 4.93. The molecule has 15 heavy (non-hydrogen) atoms. The Labute approximate surface area is 88.5 Å². The fraction of sp³-hybridized carbons (Fsp3) is 0.778. The van der Waals surface area contributed by atoms with Gasteiger partial charge in [0.05, 0.1) is 24.9 Å². The highest BCUT2D eigenvalue weighted by Crippen LogP contribution is 1.99. The molecule has 1 aromatic rings. The number of nitrogens with zero attached hydrogens (tertiary/aromatic N) is 3. The molecule has 0 bridgehead atoms. The van der Waals surface area contributed by atoms with Crippen LogP contribution in [0.3, 0.4) is 0 Å². The first-order chi connectivity index (χ1) is 7.26. The Morgan fingerprint density at radius 2 is 2.40 bits per heavy atom. The summed E-state index contributed by atoms with van der Waals surface area (Å²) in [5.74, 6) is 0. The first kappa shape index (κ1) is 12.1. The maximum absolute atomic E-state index is 9.43. The minimum atomic E-state index is -0.567. The summed E-state index contributed by atoms with van der Waals surface area (Å²) in [6, 6.07) is 0. The molecule has 1 atom stereocenters. The van der Waals surface area contributed by atoms with Crippen LogP contribution in [0.1, 0.15) is 12.1 Å². The Balaban J connectivity index is 2.38. The van der Waals surface area contributed by atoms with Crippen LogP contribution in [0.2, 0.25) is 0 Å². The van der Waals surface area contributed by atoms with Crippen LogP contribution in [-0.4, -0.2) is 51.6 Å². The predicted molar refractivity (Wildman–Crippen MR) is 53.3 cm³/mol. The van der Waals surface area contributed by atoms with Crippen molar-refractivity contribution in [2.45, 2.75) is 25.5 Å². The molecule has 0 spiro atoms. The zero-order valence-electron chi connectivity index (χ0n) is 8.83. The third kappa shape index (κ3) is 4.37. The topological polar surface area (TPSA) is 80.4 Å². The molecular weight excluding hydrogens is 198 g/mol. The standard InChI is InChI=1S/C9H17N3O3/c1-15-7-9(14)6-12-5-8(10-11-12)3-2-4-13/h5,9,13-14H,2-4,6-7H2,1H3. The zero-order chi connectivity index (χ0) is 11.1. The van der Waals surface area contributed by atoms with Gasteiger partial charge in [-0.1, -0.05) is 5.21 Å². The third-order valence-corrected chi connectivity index (χ3v) is 1.93. The van der Waals surface area contributed by atoms with Gasteiger partial charge in [0.15, 0.2) is 0 Å². The highest BCUT2D eigenvalue weighted by atomic mass is 16.5. The monoisotopic (exact) mass is 215 g/mol. The molecule has 6 nitrogen and oxygen atoms in total. The Morgan fingerprint density at radius 1 is 1.60 bits per heavy atom. The van der Waals surface area contributed by atoms with Crippen molar-refractivity contribution in [2.24, 2.45) is 0 Å². The van der Waals surface area contributed by atoms with E-state index in [0.29, 0.717) is 19.4 Å². The van der Waals surface area contributed by atoms with Crippen molar-refractivity contribution in [1.82, 2.24) is 15.0 Å². The Morgan fingerprint density at radius 3 is 3.07 bits per heavy atom. The lowest BCUT2D eigenvalue weighted by molar-refractivity contribution is 0.0510. The predicted octanol–water partition coefficient (Wildman–Crippen LogP) is -0.790. The summed E-state index contributed by atoms with van der Waals surface area (Å²) in [4.78, 5) is 0. The van der Waals surface area contributed by atoms with Gasteiger partial charge < -0.3 is 14.9 Å². The van der Waals surface area contributed by atoms with Crippen LogP contribution in [-0.2, 0) is 17.7 Å². The van der Waals surface area contributed by atoms with Gasteiger partial charge in [-0.15, -0.1) is 5.10 Å². The lowest BCUT2D eigenvalue weighted by Gasteiger charge is -2.07. The van der Waals surface area contributed by atoms with Gasteiger partial charge in [0.25, 0.3) is 0 Å². The molecule has 0 aliphatic rings. The molecule has 0 aromatic carbocycles. The number of aliphatic hydroxyl groups is 2. The van der Waals surface area contributed by atoms with E-state index in [-0.39, 0.29) is 13.2 Å². The zero-order valence-corrected chi connectivity index (χ0v) is 8.83. The molecular formula is C9H17N3O3. The molecule has 0 amide bonds. The number of aliphatic hydroxyl groups excluding tert-OH is 2. The molecule has 1 rings (SSSR count). The largest absolute Gasteiger partial charge is 0.396 e. The third-order valence-electron chi connectivity index (χ3n) is 1.93. The van der Waals surface area contributed by atoms with Crippen LogP contribution in [0.25, 0.3) is 0 Å². The van der Waals surface area contributed by atoms with Crippen LogP contribution in [0.4, 0.5) is 0 Å². The summed E-state index contributed by atoms with van der Waals surface area (Å²) in [6.07, 6.45) is 2.59.